The molecule has 0 N–H and O–H groups in total. The number of methoxy groups -OCH3 is 1. The van der Waals surface area contributed by atoms with E-state index in [4.69, 9.17) is 19.2 Å². The van der Waals surface area contributed by atoms with Crippen molar-refractivity contribution in [3.63, 3.8) is 0 Å². The Morgan fingerprint density at radius 3 is 2.56 bits per heavy atom. The summed E-state index contributed by atoms with van der Waals surface area (Å²) in [6.45, 7) is 11.7. The number of esters is 1. The van der Waals surface area contributed by atoms with E-state index in [0.29, 0.717) is 37.7 Å². The van der Waals surface area contributed by atoms with Crippen LogP contribution in [-0.2, 0) is 9.53 Å². The first-order valence-electron chi connectivity index (χ1n) is 14.0. The van der Waals surface area contributed by atoms with Gasteiger partial charge < -0.3 is 18.8 Å². The van der Waals surface area contributed by atoms with Gasteiger partial charge in [0.25, 0.3) is 5.56 Å². The molecule has 1 aliphatic heterocycles. The number of thiazole rings is 1. The molecule has 4 aromatic rings. The molecule has 2 aromatic heterocycles. The van der Waals surface area contributed by atoms with E-state index in [1.165, 1.54) is 11.3 Å². The molecule has 1 aliphatic rings. The van der Waals surface area contributed by atoms with Gasteiger partial charge in [-0.25, -0.2) is 9.79 Å². The van der Waals surface area contributed by atoms with Crippen LogP contribution in [0.2, 0.25) is 0 Å². The molecular weight excluding hydrogens is 677 g/mol. The summed E-state index contributed by atoms with van der Waals surface area (Å²) < 4.78 is 22.4. The minimum absolute atomic E-state index is 0.0536. The largest absolute Gasteiger partial charge is 0.493 e. The van der Waals surface area contributed by atoms with Gasteiger partial charge in [0.15, 0.2) is 16.3 Å². The second kappa shape index (κ2) is 12.5. The van der Waals surface area contributed by atoms with Crippen LogP contribution >= 0.6 is 33.9 Å². The van der Waals surface area contributed by atoms with Crippen LogP contribution in [0.3, 0.4) is 0 Å². The summed E-state index contributed by atoms with van der Waals surface area (Å²) >= 11 is 3.62. The molecule has 10 heteroatoms. The maximum atomic E-state index is 14.2. The number of hydrogen-bond donors (Lipinski definition) is 0. The molecular formula is C33H34IN3O5S. The number of rotatable bonds is 8. The minimum Gasteiger partial charge on any atom is -0.493 e. The number of aromatic nitrogens is 2. The third kappa shape index (κ3) is 5.95. The Morgan fingerprint density at radius 2 is 1.88 bits per heavy atom. The molecule has 0 amide bonds. The highest BCUT2D eigenvalue weighted by atomic mass is 127. The number of carbonyl (C=O) groups excluding carboxylic acids is 1. The van der Waals surface area contributed by atoms with Gasteiger partial charge in [0, 0.05) is 20.6 Å². The molecule has 0 spiro atoms. The maximum absolute atomic E-state index is 14.2. The van der Waals surface area contributed by atoms with Gasteiger partial charge >= 0.3 is 5.97 Å². The van der Waals surface area contributed by atoms with Crippen LogP contribution in [0.4, 0.5) is 0 Å². The summed E-state index contributed by atoms with van der Waals surface area (Å²) in [5.74, 6) is 0.579. The molecule has 224 valence electrons. The first-order chi connectivity index (χ1) is 20.5. The SMILES string of the molecule is CCOC(=O)C1=C(C)N=c2s/c(=C\c3cc(C)n(-c4cccc(I)c4)c3C)c(=O)n2[C@@H]1c1ccc(OC(C)C)c(OC)c1. The molecule has 2 aromatic carbocycles. The molecule has 8 nitrogen and oxygen atoms in total. The van der Waals surface area contributed by atoms with E-state index in [9.17, 15) is 9.59 Å². The van der Waals surface area contributed by atoms with E-state index >= 15 is 0 Å². The fourth-order valence-electron chi connectivity index (χ4n) is 5.40. The highest BCUT2D eigenvalue weighted by molar-refractivity contribution is 14.1. The summed E-state index contributed by atoms with van der Waals surface area (Å²) in [4.78, 5) is 32.7. The van der Waals surface area contributed by atoms with E-state index in [1.54, 1.807) is 25.5 Å². The Hall–Kier alpha value is -3.64. The van der Waals surface area contributed by atoms with Gasteiger partial charge in [-0.2, -0.15) is 0 Å². The fourth-order valence-corrected chi connectivity index (χ4v) is 6.96. The highest BCUT2D eigenvalue weighted by Crippen LogP contribution is 2.36. The summed E-state index contributed by atoms with van der Waals surface area (Å²) in [5.41, 5.74) is 5.38. The maximum Gasteiger partial charge on any atom is 0.338 e. The normalized spacial score (nSPS) is 15.0. The third-order valence-electron chi connectivity index (χ3n) is 7.21. The average molecular weight is 712 g/mol. The quantitative estimate of drug-likeness (QED) is 0.176. The number of halogens is 1. The van der Waals surface area contributed by atoms with Crippen molar-refractivity contribution in [2.45, 2.75) is 53.7 Å². The number of hydrogen-bond acceptors (Lipinski definition) is 7. The predicted molar refractivity (Wildman–Crippen MR) is 177 cm³/mol. The van der Waals surface area contributed by atoms with E-state index in [-0.39, 0.29) is 18.3 Å². The number of fused-ring (bicyclic) bond motifs is 1. The van der Waals surface area contributed by atoms with Gasteiger partial charge in [-0.05, 0) is 118 Å². The molecule has 0 bridgehead atoms. The lowest BCUT2D eigenvalue weighted by Crippen LogP contribution is -2.40. The Balaban J connectivity index is 1.69. The summed E-state index contributed by atoms with van der Waals surface area (Å²) in [6, 6.07) is 15.1. The standard InChI is InChI=1S/C33H34IN3O5S/c1-8-41-32(39)29-20(5)35-33-37(30(29)22-12-13-26(42-18(2)3)27(15-22)40-7)31(38)28(43-33)16-23-14-19(4)36(21(23)6)25-11-9-10-24(34)17-25/h9-18,30H,8H2,1-7H3/b28-16-/t30-/m1/s1. The van der Waals surface area contributed by atoms with E-state index in [2.05, 4.69) is 65.3 Å². The van der Waals surface area contributed by atoms with Crippen molar-refractivity contribution in [1.82, 2.24) is 9.13 Å². The monoisotopic (exact) mass is 711 g/mol. The smallest absolute Gasteiger partial charge is 0.338 e. The van der Waals surface area contributed by atoms with E-state index < -0.39 is 12.0 Å². The summed E-state index contributed by atoms with van der Waals surface area (Å²) in [5, 5.41) is 0. The highest BCUT2D eigenvalue weighted by Gasteiger charge is 2.34. The lowest BCUT2D eigenvalue weighted by molar-refractivity contribution is -0.139. The number of benzene rings is 2. The van der Waals surface area contributed by atoms with Crippen molar-refractivity contribution in [2.24, 2.45) is 4.99 Å². The zero-order chi connectivity index (χ0) is 31.0. The zero-order valence-electron chi connectivity index (χ0n) is 25.2. The molecule has 0 saturated carbocycles. The lowest BCUT2D eigenvalue weighted by Gasteiger charge is -2.25. The first kappa shape index (κ1) is 30.8. The van der Waals surface area contributed by atoms with Crippen molar-refractivity contribution in [3.8, 4) is 17.2 Å². The molecule has 5 rings (SSSR count). The predicted octanol–water partition coefficient (Wildman–Crippen LogP) is 5.61. The number of ether oxygens (including phenoxy) is 3. The Labute approximate surface area is 268 Å². The topological polar surface area (TPSA) is 84.1 Å². The number of allylic oxidation sites excluding steroid dienone is 1. The van der Waals surface area contributed by atoms with E-state index in [1.807, 2.05) is 44.2 Å². The van der Waals surface area contributed by atoms with Gasteiger partial charge in [0.05, 0.1) is 41.7 Å². The second-order valence-electron chi connectivity index (χ2n) is 10.5. The second-order valence-corrected chi connectivity index (χ2v) is 12.8. The van der Waals surface area contributed by atoms with Crippen LogP contribution in [0.5, 0.6) is 11.5 Å². The van der Waals surface area contributed by atoms with Crippen LogP contribution in [0, 0.1) is 17.4 Å². The third-order valence-corrected chi connectivity index (χ3v) is 8.86. The van der Waals surface area contributed by atoms with Crippen LogP contribution in [0.1, 0.15) is 56.3 Å². The Morgan fingerprint density at radius 1 is 1.12 bits per heavy atom. The Kier molecular flexibility index (Phi) is 8.98. The van der Waals surface area contributed by atoms with Crippen LogP contribution < -0.4 is 24.4 Å². The average Bonchev–Trinajstić information content (AvgIpc) is 3.41. The number of nitrogens with zero attached hydrogens (tertiary/aromatic N) is 3. The molecule has 0 aliphatic carbocycles. The molecule has 3 heterocycles. The Bertz CT molecular complexity index is 1930. The van der Waals surface area contributed by atoms with E-state index in [0.717, 1.165) is 26.2 Å². The van der Waals surface area contributed by atoms with Crippen LogP contribution in [-0.4, -0.2) is 34.9 Å². The summed E-state index contributed by atoms with van der Waals surface area (Å²) in [6.07, 6.45) is 1.86. The molecule has 0 saturated heterocycles. The van der Waals surface area contributed by atoms with Crippen LogP contribution in [0.25, 0.3) is 11.8 Å². The van der Waals surface area contributed by atoms with Crippen LogP contribution in [0.15, 0.2) is 69.6 Å². The molecule has 0 unspecified atom stereocenters. The summed E-state index contributed by atoms with van der Waals surface area (Å²) in [7, 11) is 1.57. The fraction of sp³-hybridized carbons (Fsp3) is 0.303. The van der Waals surface area contributed by atoms with Gasteiger partial charge in [0.2, 0.25) is 0 Å². The zero-order valence-corrected chi connectivity index (χ0v) is 28.2. The van der Waals surface area contributed by atoms with Gasteiger partial charge in [0.1, 0.15) is 0 Å². The van der Waals surface area contributed by atoms with Gasteiger partial charge in [-0.3, -0.25) is 9.36 Å². The minimum atomic E-state index is -0.752. The number of carbonyl (C=O) groups is 1. The first-order valence-corrected chi connectivity index (χ1v) is 15.9. The molecule has 0 radical (unpaired) electrons. The molecule has 1 atom stereocenters. The van der Waals surface area contributed by atoms with Crippen molar-refractivity contribution in [3.05, 3.63) is 106 Å². The van der Waals surface area contributed by atoms with Crippen molar-refractivity contribution in [2.75, 3.05) is 13.7 Å². The molecule has 0 fully saturated rings. The molecule has 43 heavy (non-hydrogen) atoms. The number of aryl methyl sites for hydroxylation is 1. The van der Waals surface area contributed by atoms with Gasteiger partial charge in [-0.1, -0.05) is 23.5 Å². The lowest BCUT2D eigenvalue weighted by atomic mass is 9.95. The van der Waals surface area contributed by atoms with Crippen molar-refractivity contribution < 1.29 is 19.0 Å². The van der Waals surface area contributed by atoms with Crippen molar-refractivity contribution >= 4 is 46.0 Å². The van der Waals surface area contributed by atoms with Gasteiger partial charge in [-0.15, -0.1) is 0 Å². The van der Waals surface area contributed by atoms with Crippen molar-refractivity contribution in [1.29, 1.82) is 0 Å².